The van der Waals surface area contributed by atoms with Gasteiger partial charge in [-0.3, -0.25) is 14.4 Å². The highest BCUT2D eigenvalue weighted by atomic mass is 16.3. The minimum atomic E-state index is -0.364. The number of anilines is 1. The van der Waals surface area contributed by atoms with E-state index in [4.69, 9.17) is 0 Å². The molecule has 0 unspecified atom stereocenters. The molecule has 0 atom stereocenters. The highest BCUT2D eigenvalue weighted by Gasteiger charge is 2.09. The smallest absolute Gasteiger partial charge is 0.221 e. The van der Waals surface area contributed by atoms with Crippen LogP contribution in [0.4, 0.5) is 5.69 Å². The zero-order valence-corrected chi connectivity index (χ0v) is 7.98. The molecule has 0 fully saturated rings. The zero-order valence-electron chi connectivity index (χ0n) is 7.98. The molecule has 0 aliphatic rings. The van der Waals surface area contributed by atoms with Crippen molar-refractivity contribution in [1.82, 2.24) is 0 Å². The van der Waals surface area contributed by atoms with Crippen LogP contribution in [0.5, 0.6) is 5.75 Å². The quantitative estimate of drug-likeness (QED) is 0.723. The third kappa shape index (κ3) is 2.40. The summed E-state index contributed by atoms with van der Waals surface area (Å²) >= 11 is 0. The van der Waals surface area contributed by atoms with E-state index in [2.05, 4.69) is 5.32 Å². The molecule has 0 radical (unpaired) electrons. The van der Waals surface area contributed by atoms with Gasteiger partial charge in [-0.05, 0) is 6.07 Å². The molecular weight excluding hydrogens is 198 g/mol. The molecule has 0 aliphatic carbocycles. The highest BCUT2D eigenvalue weighted by molar-refractivity contribution is 5.97. The van der Waals surface area contributed by atoms with E-state index in [0.717, 1.165) is 6.07 Å². The summed E-state index contributed by atoms with van der Waals surface area (Å²) in [5.74, 6) is -0.643. The summed E-state index contributed by atoms with van der Waals surface area (Å²) in [5, 5.41) is 11.7. The molecule has 0 aromatic heterocycles. The summed E-state index contributed by atoms with van der Waals surface area (Å²) in [7, 11) is 0. The SMILES string of the molecule is CC(=O)Nc1cc(O)c(C=O)cc1C=O. The lowest BCUT2D eigenvalue weighted by atomic mass is 10.1. The van der Waals surface area contributed by atoms with Crippen LogP contribution in [-0.2, 0) is 4.79 Å². The molecule has 1 aromatic carbocycles. The number of rotatable bonds is 3. The van der Waals surface area contributed by atoms with E-state index in [1.54, 1.807) is 0 Å². The Balaban J connectivity index is 3.26. The van der Waals surface area contributed by atoms with E-state index in [9.17, 15) is 19.5 Å². The molecule has 78 valence electrons. The lowest BCUT2D eigenvalue weighted by Gasteiger charge is -2.07. The number of aldehydes is 2. The maximum atomic E-state index is 10.8. The van der Waals surface area contributed by atoms with Gasteiger partial charge in [0.25, 0.3) is 0 Å². The van der Waals surface area contributed by atoms with Gasteiger partial charge in [0, 0.05) is 18.6 Å². The summed E-state index contributed by atoms with van der Waals surface area (Å²) in [4.78, 5) is 31.9. The van der Waals surface area contributed by atoms with Crippen LogP contribution in [0.3, 0.4) is 0 Å². The molecule has 2 N–H and O–H groups in total. The fourth-order valence-electron chi connectivity index (χ4n) is 1.11. The van der Waals surface area contributed by atoms with Crippen molar-refractivity contribution in [2.45, 2.75) is 6.92 Å². The first-order chi connectivity index (χ1) is 7.08. The highest BCUT2D eigenvalue weighted by Crippen LogP contribution is 2.24. The van der Waals surface area contributed by atoms with Crippen molar-refractivity contribution in [2.24, 2.45) is 0 Å². The number of aromatic hydroxyl groups is 1. The van der Waals surface area contributed by atoms with Gasteiger partial charge in [0.05, 0.1) is 11.3 Å². The number of hydrogen-bond donors (Lipinski definition) is 2. The first-order valence-electron chi connectivity index (χ1n) is 4.13. The van der Waals surface area contributed by atoms with Gasteiger partial charge in [-0.25, -0.2) is 0 Å². The molecule has 5 nitrogen and oxygen atoms in total. The Morgan fingerprint density at radius 2 is 1.87 bits per heavy atom. The van der Waals surface area contributed by atoms with Crippen LogP contribution in [0, 0.1) is 0 Å². The summed E-state index contributed by atoms with van der Waals surface area (Å²) in [6.07, 6.45) is 0.928. The summed E-state index contributed by atoms with van der Waals surface area (Å²) in [5.41, 5.74) is 0.330. The van der Waals surface area contributed by atoms with Crippen LogP contribution in [0.2, 0.25) is 0 Å². The molecule has 0 saturated heterocycles. The van der Waals surface area contributed by atoms with Crippen LogP contribution < -0.4 is 5.32 Å². The van der Waals surface area contributed by atoms with Crippen LogP contribution in [0.25, 0.3) is 0 Å². The van der Waals surface area contributed by atoms with Crippen LogP contribution in [0.15, 0.2) is 12.1 Å². The van der Waals surface area contributed by atoms with E-state index in [0.29, 0.717) is 12.6 Å². The number of carbonyl (C=O) groups is 3. The first-order valence-corrected chi connectivity index (χ1v) is 4.13. The molecule has 0 aliphatic heterocycles. The number of hydrogen-bond acceptors (Lipinski definition) is 4. The Morgan fingerprint density at radius 1 is 1.27 bits per heavy atom. The van der Waals surface area contributed by atoms with Gasteiger partial charge in [-0.2, -0.15) is 0 Å². The van der Waals surface area contributed by atoms with Crippen molar-refractivity contribution < 1.29 is 19.5 Å². The van der Waals surface area contributed by atoms with E-state index < -0.39 is 0 Å². The fraction of sp³-hybridized carbons (Fsp3) is 0.100. The van der Waals surface area contributed by atoms with E-state index in [1.165, 1.54) is 13.0 Å². The first kappa shape index (κ1) is 10.9. The Bertz CT molecular complexity index is 426. The number of phenolic OH excluding ortho intramolecular Hbond substituents is 1. The molecule has 1 aromatic rings. The molecule has 0 saturated carbocycles. The van der Waals surface area contributed by atoms with Gasteiger partial charge in [0.2, 0.25) is 5.91 Å². The van der Waals surface area contributed by atoms with Gasteiger partial charge < -0.3 is 10.4 Å². The number of benzene rings is 1. The molecule has 0 heterocycles. The zero-order chi connectivity index (χ0) is 11.4. The van der Waals surface area contributed by atoms with Crippen molar-refractivity contribution in [2.75, 3.05) is 5.32 Å². The monoisotopic (exact) mass is 207 g/mol. The predicted octanol–water partition coefficient (Wildman–Crippen LogP) is 0.976. The van der Waals surface area contributed by atoms with Gasteiger partial charge >= 0.3 is 0 Å². The average Bonchev–Trinajstić information content (AvgIpc) is 2.17. The number of phenols is 1. The molecule has 1 amide bonds. The van der Waals surface area contributed by atoms with E-state index in [-0.39, 0.29) is 28.5 Å². The Labute approximate surface area is 85.7 Å². The molecule has 1 rings (SSSR count). The van der Waals surface area contributed by atoms with Crippen LogP contribution >= 0.6 is 0 Å². The lowest BCUT2D eigenvalue weighted by molar-refractivity contribution is -0.114. The molecule has 0 bridgehead atoms. The predicted molar refractivity (Wildman–Crippen MR) is 53.2 cm³/mol. The van der Waals surface area contributed by atoms with Crippen molar-refractivity contribution >= 4 is 24.2 Å². The third-order valence-corrected chi connectivity index (χ3v) is 1.76. The maximum Gasteiger partial charge on any atom is 0.221 e. The second-order valence-corrected chi connectivity index (χ2v) is 2.92. The van der Waals surface area contributed by atoms with E-state index in [1.807, 2.05) is 0 Å². The lowest BCUT2D eigenvalue weighted by Crippen LogP contribution is -2.08. The van der Waals surface area contributed by atoms with Gasteiger partial charge in [-0.15, -0.1) is 0 Å². The molecule has 0 spiro atoms. The van der Waals surface area contributed by atoms with E-state index >= 15 is 0 Å². The molecule has 5 heteroatoms. The summed E-state index contributed by atoms with van der Waals surface area (Å²) in [6, 6.07) is 2.37. The van der Waals surface area contributed by atoms with Crippen molar-refractivity contribution in [3.05, 3.63) is 23.3 Å². The maximum absolute atomic E-state index is 10.8. The normalized spacial score (nSPS) is 9.40. The largest absolute Gasteiger partial charge is 0.507 e. The summed E-state index contributed by atoms with van der Waals surface area (Å²) in [6.45, 7) is 1.28. The van der Waals surface area contributed by atoms with Crippen molar-refractivity contribution in [1.29, 1.82) is 0 Å². The Kier molecular flexibility index (Phi) is 3.17. The minimum absolute atomic E-state index is 0.00574. The topological polar surface area (TPSA) is 83.5 Å². The Morgan fingerprint density at radius 3 is 2.33 bits per heavy atom. The van der Waals surface area contributed by atoms with Gasteiger partial charge in [0.1, 0.15) is 5.75 Å². The standard InChI is InChI=1S/C10H9NO4/c1-6(14)11-9-3-10(15)8(5-13)2-7(9)4-12/h2-5,15H,1H3,(H,11,14). The van der Waals surface area contributed by atoms with Crippen molar-refractivity contribution in [3.8, 4) is 5.75 Å². The van der Waals surface area contributed by atoms with Gasteiger partial charge in [0.15, 0.2) is 12.6 Å². The average molecular weight is 207 g/mol. The third-order valence-electron chi connectivity index (χ3n) is 1.76. The number of amides is 1. The van der Waals surface area contributed by atoms with Gasteiger partial charge in [-0.1, -0.05) is 0 Å². The second kappa shape index (κ2) is 4.36. The van der Waals surface area contributed by atoms with Crippen LogP contribution in [-0.4, -0.2) is 23.6 Å². The van der Waals surface area contributed by atoms with Crippen molar-refractivity contribution in [3.63, 3.8) is 0 Å². The summed E-state index contributed by atoms with van der Waals surface area (Å²) < 4.78 is 0. The Hall–Kier alpha value is -2.17. The number of nitrogens with one attached hydrogen (secondary N) is 1. The minimum Gasteiger partial charge on any atom is -0.507 e. The number of carbonyl (C=O) groups excluding carboxylic acids is 3. The van der Waals surface area contributed by atoms with Crippen LogP contribution in [0.1, 0.15) is 27.6 Å². The fourth-order valence-corrected chi connectivity index (χ4v) is 1.11. The second-order valence-electron chi connectivity index (χ2n) is 2.92. The molecular formula is C10H9NO4. The molecule has 15 heavy (non-hydrogen) atoms.